The lowest BCUT2D eigenvalue weighted by atomic mass is 10.1. The Balaban J connectivity index is 1.16. The van der Waals surface area contributed by atoms with Gasteiger partial charge < -0.3 is 21.1 Å². The molecule has 0 atom stereocenters. The number of hydrogen-bond acceptors (Lipinski definition) is 7. The molecule has 4 aromatic rings. The smallest absolute Gasteiger partial charge is 0.221 e. The van der Waals surface area contributed by atoms with Gasteiger partial charge in [-0.2, -0.15) is 5.10 Å². The molecule has 1 amide bonds. The van der Waals surface area contributed by atoms with Crippen molar-refractivity contribution in [2.75, 3.05) is 25.0 Å². The fraction of sp³-hybridized carbons (Fsp3) is 0.304. The lowest BCUT2D eigenvalue weighted by molar-refractivity contribution is -0.120. The van der Waals surface area contributed by atoms with Crippen LogP contribution >= 0.6 is 11.6 Å². The quantitative estimate of drug-likeness (QED) is 0.196. The minimum atomic E-state index is -0.0503. The van der Waals surface area contributed by atoms with Gasteiger partial charge in [0.2, 0.25) is 5.91 Å². The largest absolute Gasteiger partial charge is 0.392 e. The number of halogens is 1. The maximum Gasteiger partial charge on any atom is 0.221 e. The number of H-pyrrole nitrogens is 1. The number of aromatic amines is 1. The van der Waals surface area contributed by atoms with Gasteiger partial charge in [-0.3, -0.25) is 14.5 Å². The van der Waals surface area contributed by atoms with Crippen LogP contribution in [0.3, 0.4) is 0 Å². The summed E-state index contributed by atoms with van der Waals surface area (Å²) in [6, 6.07) is 9.49. The molecule has 0 saturated carbocycles. The Labute approximate surface area is 201 Å². The monoisotopic (exact) mass is 482 g/mol. The molecule has 0 aliphatic heterocycles. The van der Waals surface area contributed by atoms with Gasteiger partial charge in [-0.25, -0.2) is 0 Å². The Bertz CT molecular complexity index is 1230. The highest BCUT2D eigenvalue weighted by atomic mass is 35.5. The van der Waals surface area contributed by atoms with E-state index in [9.17, 15) is 9.90 Å². The van der Waals surface area contributed by atoms with Crippen molar-refractivity contribution in [3.63, 3.8) is 0 Å². The zero-order valence-electron chi connectivity index (χ0n) is 18.6. The van der Waals surface area contributed by atoms with Crippen LogP contribution in [0, 0.1) is 0 Å². The van der Waals surface area contributed by atoms with Gasteiger partial charge in [0.05, 0.1) is 24.0 Å². The highest BCUT2D eigenvalue weighted by molar-refractivity contribution is 6.30. The third-order valence-corrected chi connectivity index (χ3v) is 5.53. The third-order valence-electron chi connectivity index (χ3n) is 5.31. The van der Waals surface area contributed by atoms with Gasteiger partial charge in [-0.05, 0) is 41.8 Å². The van der Waals surface area contributed by atoms with E-state index in [0.717, 1.165) is 39.8 Å². The Morgan fingerprint density at radius 3 is 2.71 bits per heavy atom. The van der Waals surface area contributed by atoms with E-state index in [1.54, 1.807) is 24.9 Å². The predicted molar refractivity (Wildman–Crippen MR) is 131 cm³/mol. The summed E-state index contributed by atoms with van der Waals surface area (Å²) >= 11 is 6.05. The molecular formula is C23H27ClN8O2. The second kappa shape index (κ2) is 11.6. The van der Waals surface area contributed by atoms with E-state index in [-0.39, 0.29) is 12.5 Å². The van der Waals surface area contributed by atoms with Gasteiger partial charge in [0.25, 0.3) is 0 Å². The van der Waals surface area contributed by atoms with Crippen molar-refractivity contribution in [3.8, 4) is 5.69 Å². The first-order valence-corrected chi connectivity index (χ1v) is 11.4. The number of fused-ring (bicyclic) bond motifs is 1. The van der Waals surface area contributed by atoms with Crippen LogP contribution in [0.25, 0.3) is 16.6 Å². The summed E-state index contributed by atoms with van der Waals surface area (Å²) in [4.78, 5) is 12.1. The van der Waals surface area contributed by atoms with Gasteiger partial charge in [0.15, 0.2) is 0 Å². The standard InChI is InChI=1S/C23H27ClN8O2/c24-18-7-16(6-17(8-18)13-33)11-25-5-2-23(34)27-4-1-3-26-21-9-19(32-14-29-30-15-32)10-22-20(21)12-28-31-22/h6-10,12,14-15,25-26,33H,1-5,11,13H2,(H,27,34)(H,28,31). The van der Waals surface area contributed by atoms with Crippen LogP contribution in [0.5, 0.6) is 0 Å². The SMILES string of the molecule is O=C(CCNCc1cc(Cl)cc(CO)c1)NCCCNc1cc(-n2cnnc2)cc2[nH]ncc12. The molecule has 34 heavy (non-hydrogen) atoms. The molecule has 178 valence electrons. The van der Waals surface area contributed by atoms with Crippen molar-refractivity contribution in [2.24, 2.45) is 0 Å². The van der Waals surface area contributed by atoms with Crippen LogP contribution in [0.2, 0.25) is 5.02 Å². The number of aliphatic hydroxyl groups excluding tert-OH is 1. The molecular weight excluding hydrogens is 456 g/mol. The molecule has 0 spiro atoms. The van der Waals surface area contributed by atoms with Crippen LogP contribution in [-0.4, -0.2) is 55.6 Å². The minimum Gasteiger partial charge on any atom is -0.392 e. The van der Waals surface area contributed by atoms with Crippen LogP contribution in [0.1, 0.15) is 24.0 Å². The zero-order valence-corrected chi connectivity index (χ0v) is 19.3. The summed E-state index contributed by atoms with van der Waals surface area (Å²) in [5, 5.41) is 35.3. The van der Waals surface area contributed by atoms with Gasteiger partial charge in [0.1, 0.15) is 12.7 Å². The normalized spacial score (nSPS) is 11.1. The zero-order chi connectivity index (χ0) is 23.8. The van der Waals surface area contributed by atoms with Crippen molar-refractivity contribution < 1.29 is 9.90 Å². The van der Waals surface area contributed by atoms with Crippen molar-refractivity contribution in [1.29, 1.82) is 0 Å². The number of hydrogen-bond donors (Lipinski definition) is 5. The predicted octanol–water partition coefficient (Wildman–Crippen LogP) is 2.39. The molecule has 10 nitrogen and oxygen atoms in total. The fourth-order valence-corrected chi connectivity index (χ4v) is 3.92. The number of nitrogens with one attached hydrogen (secondary N) is 4. The Morgan fingerprint density at radius 2 is 1.88 bits per heavy atom. The van der Waals surface area contributed by atoms with Crippen molar-refractivity contribution in [3.05, 3.63) is 65.3 Å². The van der Waals surface area contributed by atoms with E-state index in [2.05, 4.69) is 36.3 Å². The van der Waals surface area contributed by atoms with E-state index in [4.69, 9.17) is 11.6 Å². The summed E-state index contributed by atoms with van der Waals surface area (Å²) in [6.07, 6.45) is 6.25. The Hall–Kier alpha value is -3.47. The lowest BCUT2D eigenvalue weighted by Crippen LogP contribution is -2.29. The fourth-order valence-electron chi connectivity index (χ4n) is 3.64. The Kier molecular flexibility index (Phi) is 8.08. The molecule has 4 rings (SSSR count). The second-order valence-corrected chi connectivity index (χ2v) is 8.31. The van der Waals surface area contributed by atoms with Gasteiger partial charge in [-0.1, -0.05) is 17.7 Å². The highest BCUT2D eigenvalue weighted by Gasteiger charge is 2.08. The molecule has 5 N–H and O–H groups in total. The van der Waals surface area contributed by atoms with E-state index in [1.807, 2.05) is 28.8 Å². The number of carbonyl (C=O) groups excluding carboxylic acids is 1. The number of benzene rings is 2. The average molecular weight is 483 g/mol. The van der Waals surface area contributed by atoms with Crippen LogP contribution < -0.4 is 16.0 Å². The molecule has 11 heteroatoms. The van der Waals surface area contributed by atoms with Crippen LogP contribution in [0.15, 0.2) is 49.2 Å². The molecule has 0 aliphatic carbocycles. The molecule has 0 radical (unpaired) electrons. The van der Waals surface area contributed by atoms with Crippen molar-refractivity contribution in [1.82, 2.24) is 35.6 Å². The summed E-state index contributed by atoms with van der Waals surface area (Å²) < 4.78 is 1.83. The van der Waals surface area contributed by atoms with Gasteiger partial charge >= 0.3 is 0 Å². The molecule has 0 aliphatic rings. The first kappa shape index (κ1) is 23.7. The molecule has 0 unspecified atom stereocenters. The first-order chi connectivity index (χ1) is 16.6. The second-order valence-electron chi connectivity index (χ2n) is 7.88. The maximum atomic E-state index is 12.1. The number of amides is 1. The average Bonchev–Trinajstić information content (AvgIpc) is 3.53. The van der Waals surface area contributed by atoms with Crippen LogP contribution in [-0.2, 0) is 17.9 Å². The molecule has 0 bridgehead atoms. The van der Waals surface area contributed by atoms with E-state index < -0.39 is 0 Å². The Morgan fingerprint density at radius 1 is 1.06 bits per heavy atom. The summed E-state index contributed by atoms with van der Waals surface area (Å²) in [7, 11) is 0. The minimum absolute atomic E-state index is 0.00136. The molecule has 2 heterocycles. The van der Waals surface area contributed by atoms with E-state index in [0.29, 0.717) is 37.6 Å². The molecule has 2 aromatic heterocycles. The number of carbonyl (C=O) groups is 1. The number of nitrogens with zero attached hydrogens (tertiary/aromatic N) is 4. The van der Waals surface area contributed by atoms with E-state index in [1.165, 1.54) is 0 Å². The summed E-state index contributed by atoms with van der Waals surface area (Å²) in [6.45, 7) is 2.37. The van der Waals surface area contributed by atoms with Crippen molar-refractivity contribution >= 4 is 34.1 Å². The molecule has 0 fully saturated rings. The highest BCUT2D eigenvalue weighted by Crippen LogP contribution is 2.25. The molecule has 2 aromatic carbocycles. The summed E-state index contributed by atoms with van der Waals surface area (Å²) in [5.41, 5.74) is 4.55. The number of rotatable bonds is 12. The first-order valence-electron chi connectivity index (χ1n) is 11.0. The van der Waals surface area contributed by atoms with Crippen LogP contribution in [0.4, 0.5) is 5.69 Å². The topological polar surface area (TPSA) is 133 Å². The number of anilines is 1. The third kappa shape index (κ3) is 6.31. The maximum absolute atomic E-state index is 12.1. The summed E-state index contributed by atoms with van der Waals surface area (Å²) in [5.74, 6) is 0.00136. The van der Waals surface area contributed by atoms with E-state index >= 15 is 0 Å². The lowest BCUT2D eigenvalue weighted by Gasteiger charge is -2.11. The van der Waals surface area contributed by atoms with Gasteiger partial charge in [0, 0.05) is 48.7 Å². The van der Waals surface area contributed by atoms with Crippen molar-refractivity contribution in [2.45, 2.75) is 26.0 Å². The number of aromatic nitrogens is 5. The van der Waals surface area contributed by atoms with Gasteiger partial charge in [-0.15, -0.1) is 10.2 Å². The number of aliphatic hydroxyl groups is 1. The molecule has 0 saturated heterocycles.